The maximum atomic E-state index is 12.5. The second-order valence-electron chi connectivity index (χ2n) is 22.9. The van der Waals surface area contributed by atoms with Gasteiger partial charge in [-0.1, -0.05) is 348 Å². The first kappa shape index (κ1) is 75.0. The SMILES string of the molecule is CC/C=C\C/C=C\C/C=C\C/C=C\C/C=C\C/C=C\C/C=C\CCCCCCCCCCCCCCCCCCCCCC(=O)NC(CO)C(O)/C=C/CC/C=C/CCCCCCCCCCCCCCCCCCCCC. The van der Waals surface area contributed by atoms with Crippen LogP contribution < -0.4 is 5.32 Å². The quantitative estimate of drug-likeness (QED) is 0.0420. The van der Waals surface area contributed by atoms with Crippen LogP contribution in [0.15, 0.2) is 109 Å². The molecule has 0 radical (unpaired) electrons. The zero-order valence-electron chi connectivity index (χ0n) is 51.9. The molecule has 2 atom stereocenters. The molecule has 78 heavy (non-hydrogen) atoms. The van der Waals surface area contributed by atoms with Crippen molar-refractivity contribution in [2.45, 2.75) is 347 Å². The van der Waals surface area contributed by atoms with Gasteiger partial charge < -0.3 is 15.5 Å². The zero-order chi connectivity index (χ0) is 56.2. The lowest BCUT2D eigenvalue weighted by Gasteiger charge is -2.19. The average Bonchev–Trinajstić information content (AvgIpc) is 3.44. The first-order valence-electron chi connectivity index (χ1n) is 34.1. The third kappa shape index (κ3) is 63.9. The van der Waals surface area contributed by atoms with E-state index in [-0.39, 0.29) is 12.5 Å². The van der Waals surface area contributed by atoms with Gasteiger partial charge in [0.1, 0.15) is 0 Å². The molecule has 0 aromatic rings. The van der Waals surface area contributed by atoms with E-state index < -0.39 is 12.1 Å². The van der Waals surface area contributed by atoms with Crippen molar-refractivity contribution in [1.82, 2.24) is 5.32 Å². The summed E-state index contributed by atoms with van der Waals surface area (Å²) in [6.45, 7) is 4.21. The normalized spacial score (nSPS) is 13.4. The summed E-state index contributed by atoms with van der Waals surface area (Å²) in [5.41, 5.74) is 0. The van der Waals surface area contributed by atoms with Crippen LogP contribution in [-0.2, 0) is 4.79 Å². The van der Waals surface area contributed by atoms with Crippen LogP contribution in [0.3, 0.4) is 0 Å². The summed E-state index contributed by atoms with van der Waals surface area (Å²) in [5.74, 6) is -0.0713. The predicted octanol–water partition coefficient (Wildman–Crippen LogP) is 23.4. The van der Waals surface area contributed by atoms with Crippen LogP contribution >= 0.6 is 0 Å². The van der Waals surface area contributed by atoms with Crippen molar-refractivity contribution >= 4 is 5.91 Å². The van der Waals surface area contributed by atoms with Crippen LogP contribution in [0.2, 0.25) is 0 Å². The highest BCUT2D eigenvalue weighted by Crippen LogP contribution is 2.18. The molecule has 4 nitrogen and oxygen atoms in total. The minimum absolute atomic E-state index is 0.0713. The number of nitrogens with one attached hydrogen (secondary N) is 1. The Hall–Kier alpha value is -2.95. The van der Waals surface area contributed by atoms with Crippen LogP contribution in [-0.4, -0.2) is 34.9 Å². The molecule has 0 fully saturated rings. The van der Waals surface area contributed by atoms with Gasteiger partial charge in [0, 0.05) is 6.42 Å². The van der Waals surface area contributed by atoms with Crippen LogP contribution in [0.5, 0.6) is 0 Å². The third-order valence-electron chi connectivity index (χ3n) is 15.2. The van der Waals surface area contributed by atoms with Crippen LogP contribution in [0.4, 0.5) is 0 Å². The number of unbranched alkanes of at least 4 members (excludes halogenated alkanes) is 39. The van der Waals surface area contributed by atoms with E-state index in [2.05, 4.69) is 116 Å². The standard InChI is InChI=1S/C74H131NO3/c1-3-5-7-9-11-13-15-17-19-21-23-25-27-29-30-31-32-33-34-35-36-37-38-39-40-41-42-43-44-46-48-50-52-54-56-58-60-62-64-66-68-70-74(78)75-72(71-76)73(77)69-67-65-63-61-59-57-55-53-51-49-47-45-28-26-24-22-20-18-16-14-12-10-8-6-4-2/h5,7,11,13,17,19,23,25,29-30,32-33,35-36,59,61,67,69,72-73,76-77H,3-4,6,8-10,12,14-16,18,20-22,24,26-28,31,34,37-58,60,62-66,68,70-71H2,1-2H3,(H,75,78)/b7-5-,13-11-,19-17-,25-23-,30-29-,33-32-,36-35-,61-59+,69-67+. The van der Waals surface area contributed by atoms with Gasteiger partial charge in [0.25, 0.3) is 0 Å². The van der Waals surface area contributed by atoms with Crippen molar-refractivity contribution in [2.75, 3.05) is 6.61 Å². The van der Waals surface area contributed by atoms with Gasteiger partial charge in [-0.05, 0) is 89.9 Å². The smallest absolute Gasteiger partial charge is 0.220 e. The number of hydrogen-bond acceptors (Lipinski definition) is 3. The number of rotatable bonds is 62. The molecule has 0 spiro atoms. The summed E-state index contributed by atoms with van der Waals surface area (Å²) < 4.78 is 0. The van der Waals surface area contributed by atoms with Gasteiger partial charge in [-0.25, -0.2) is 0 Å². The number of aliphatic hydroxyl groups is 2. The second kappa shape index (κ2) is 68.3. The zero-order valence-corrected chi connectivity index (χ0v) is 51.9. The molecule has 0 aliphatic heterocycles. The molecule has 0 aliphatic carbocycles. The highest BCUT2D eigenvalue weighted by Gasteiger charge is 2.18. The Kier molecular flexibility index (Phi) is 65.7. The van der Waals surface area contributed by atoms with Crippen LogP contribution in [0, 0.1) is 0 Å². The molecule has 0 aromatic carbocycles. The molecule has 3 N–H and O–H groups in total. The largest absolute Gasteiger partial charge is 0.394 e. The van der Waals surface area contributed by atoms with Crippen LogP contribution in [0.25, 0.3) is 0 Å². The summed E-state index contributed by atoms with van der Waals surface area (Å²) in [5, 5.41) is 23.2. The number of aliphatic hydroxyl groups excluding tert-OH is 2. The average molecular weight is 1080 g/mol. The van der Waals surface area contributed by atoms with E-state index in [0.29, 0.717) is 6.42 Å². The van der Waals surface area contributed by atoms with Crippen molar-refractivity contribution in [3.8, 4) is 0 Å². The number of hydrogen-bond donors (Lipinski definition) is 3. The van der Waals surface area contributed by atoms with Gasteiger partial charge in [0.05, 0.1) is 18.8 Å². The highest BCUT2D eigenvalue weighted by molar-refractivity contribution is 5.76. The first-order valence-corrected chi connectivity index (χ1v) is 34.1. The Morgan fingerprint density at radius 2 is 0.577 bits per heavy atom. The molecule has 0 aliphatic rings. The van der Waals surface area contributed by atoms with Gasteiger partial charge in [-0.2, -0.15) is 0 Å². The Bertz CT molecular complexity index is 1460. The molecule has 0 saturated carbocycles. The number of amides is 1. The molecule has 0 rings (SSSR count). The van der Waals surface area contributed by atoms with Crippen molar-refractivity contribution in [1.29, 1.82) is 0 Å². The van der Waals surface area contributed by atoms with E-state index >= 15 is 0 Å². The summed E-state index contributed by atoms with van der Waals surface area (Å²) >= 11 is 0. The summed E-state index contributed by atoms with van der Waals surface area (Å²) in [6, 6.07) is -0.644. The topological polar surface area (TPSA) is 69.6 Å². The minimum atomic E-state index is -0.867. The molecule has 0 heterocycles. The maximum absolute atomic E-state index is 12.5. The molecule has 450 valence electrons. The van der Waals surface area contributed by atoms with E-state index in [1.54, 1.807) is 6.08 Å². The number of carbonyl (C=O) groups excluding carboxylic acids is 1. The van der Waals surface area contributed by atoms with Gasteiger partial charge in [0.2, 0.25) is 5.91 Å². The summed E-state index contributed by atoms with van der Waals surface area (Å²) in [7, 11) is 0. The van der Waals surface area contributed by atoms with Crippen molar-refractivity contribution < 1.29 is 15.0 Å². The van der Waals surface area contributed by atoms with Crippen molar-refractivity contribution in [2.24, 2.45) is 0 Å². The fourth-order valence-corrected chi connectivity index (χ4v) is 10.1. The molecule has 0 saturated heterocycles. The van der Waals surface area contributed by atoms with E-state index in [0.717, 1.165) is 77.0 Å². The van der Waals surface area contributed by atoms with Gasteiger partial charge >= 0.3 is 0 Å². The number of allylic oxidation sites excluding steroid dienone is 17. The summed E-state index contributed by atoms with van der Waals surface area (Å²) in [6.07, 6.45) is 103. The molecule has 2 unspecified atom stereocenters. The van der Waals surface area contributed by atoms with E-state index in [1.165, 1.54) is 238 Å². The fraction of sp³-hybridized carbons (Fsp3) is 0.743. The van der Waals surface area contributed by atoms with Gasteiger partial charge in [-0.15, -0.1) is 0 Å². The van der Waals surface area contributed by atoms with E-state index in [4.69, 9.17) is 0 Å². The Labute approximate surface area is 486 Å². The Morgan fingerprint density at radius 1 is 0.321 bits per heavy atom. The molecule has 0 bridgehead atoms. The lowest BCUT2D eigenvalue weighted by atomic mass is 10.0. The third-order valence-corrected chi connectivity index (χ3v) is 15.2. The minimum Gasteiger partial charge on any atom is -0.394 e. The lowest BCUT2D eigenvalue weighted by molar-refractivity contribution is -0.123. The molecular formula is C74H131NO3. The van der Waals surface area contributed by atoms with Gasteiger partial charge in [0.15, 0.2) is 0 Å². The van der Waals surface area contributed by atoms with Crippen molar-refractivity contribution in [3.63, 3.8) is 0 Å². The highest BCUT2D eigenvalue weighted by atomic mass is 16.3. The molecule has 1 amide bonds. The molecule has 4 heteroatoms. The van der Waals surface area contributed by atoms with Gasteiger partial charge in [-0.3, -0.25) is 4.79 Å². The number of carbonyl (C=O) groups is 1. The second-order valence-corrected chi connectivity index (χ2v) is 22.9. The van der Waals surface area contributed by atoms with E-state index in [9.17, 15) is 15.0 Å². The van der Waals surface area contributed by atoms with Crippen molar-refractivity contribution in [3.05, 3.63) is 109 Å². The lowest BCUT2D eigenvalue weighted by Crippen LogP contribution is -2.45. The molecule has 0 aromatic heterocycles. The Morgan fingerprint density at radius 3 is 0.897 bits per heavy atom. The van der Waals surface area contributed by atoms with E-state index in [1.807, 2.05) is 6.08 Å². The predicted molar refractivity (Wildman–Crippen MR) is 349 cm³/mol. The monoisotopic (exact) mass is 1080 g/mol. The fourth-order valence-electron chi connectivity index (χ4n) is 10.1. The summed E-state index contributed by atoms with van der Waals surface area (Å²) in [4.78, 5) is 12.5. The maximum Gasteiger partial charge on any atom is 0.220 e. The molecular weight excluding hydrogens is 951 g/mol. The van der Waals surface area contributed by atoms with Crippen LogP contribution in [0.1, 0.15) is 335 Å². The Balaban J connectivity index is 3.50. The first-order chi connectivity index (χ1) is 38.7.